The van der Waals surface area contributed by atoms with Gasteiger partial charge in [0.2, 0.25) is 5.91 Å². The summed E-state index contributed by atoms with van der Waals surface area (Å²) in [5.74, 6) is -3.59. The van der Waals surface area contributed by atoms with Crippen molar-refractivity contribution in [1.29, 1.82) is 5.26 Å². The number of carbonyl (C=O) groups excluding carboxylic acids is 1. The van der Waals surface area contributed by atoms with Crippen LogP contribution in [-0.4, -0.2) is 43.3 Å². The summed E-state index contributed by atoms with van der Waals surface area (Å²) < 4.78 is 27.0. The molecular weight excluding hydrogens is 300 g/mol. The van der Waals surface area contributed by atoms with E-state index >= 15 is 0 Å². The molecule has 1 amide bonds. The molecule has 9 heteroatoms. The molecule has 8 nitrogen and oxygen atoms in total. The van der Waals surface area contributed by atoms with Crippen molar-refractivity contribution in [2.45, 2.75) is 37.3 Å². The number of nitrogens with one attached hydrogen (secondary N) is 1. The van der Waals surface area contributed by atoms with Crippen LogP contribution >= 0.6 is 0 Å². The lowest BCUT2D eigenvalue weighted by molar-refractivity contribution is -0.146. The second-order valence-electron chi connectivity index (χ2n) is 5.63. The molecule has 0 aromatic heterocycles. The van der Waals surface area contributed by atoms with Crippen LogP contribution in [0.1, 0.15) is 25.7 Å². The molecule has 0 unspecified atom stereocenters. The van der Waals surface area contributed by atoms with Gasteiger partial charge < -0.3 is 10.4 Å². The average molecular weight is 316 g/mol. The first-order valence-corrected chi connectivity index (χ1v) is 8.32. The predicted molar refractivity (Wildman–Crippen MR) is 69.3 cm³/mol. The Bertz CT molecular complexity index is 604. The van der Waals surface area contributed by atoms with Gasteiger partial charge in [0.05, 0.1) is 30.3 Å². The molecule has 0 saturated heterocycles. The predicted octanol–water partition coefficient (Wildman–Crippen LogP) is -0.386. The molecule has 2 aliphatic carbocycles. The van der Waals surface area contributed by atoms with Crippen LogP contribution in [0.15, 0.2) is 0 Å². The van der Waals surface area contributed by atoms with Gasteiger partial charge in [-0.3, -0.25) is 13.8 Å². The van der Waals surface area contributed by atoms with Gasteiger partial charge in [0.25, 0.3) is 10.1 Å². The van der Waals surface area contributed by atoms with Crippen LogP contribution < -0.4 is 5.32 Å². The van der Waals surface area contributed by atoms with E-state index in [4.69, 9.17) is 14.6 Å². The highest BCUT2D eigenvalue weighted by molar-refractivity contribution is 7.86. The summed E-state index contributed by atoms with van der Waals surface area (Å²) in [4.78, 5) is 23.4. The maximum absolute atomic E-state index is 12.2. The molecule has 0 aromatic carbocycles. The van der Waals surface area contributed by atoms with Gasteiger partial charge in [-0.15, -0.1) is 0 Å². The van der Waals surface area contributed by atoms with E-state index in [0.29, 0.717) is 12.8 Å². The Labute approximate surface area is 122 Å². The van der Waals surface area contributed by atoms with Crippen molar-refractivity contribution < 1.29 is 27.3 Å². The third-order valence-corrected chi connectivity index (χ3v) is 4.43. The first-order chi connectivity index (χ1) is 9.66. The number of nitrogens with zero attached hydrogens (tertiary/aromatic N) is 1. The molecule has 2 saturated carbocycles. The van der Waals surface area contributed by atoms with E-state index < -0.39 is 45.5 Å². The Kier molecular flexibility index (Phi) is 3.95. The third-order valence-electron chi connectivity index (χ3n) is 3.81. The Morgan fingerprint density at radius 2 is 1.90 bits per heavy atom. The molecule has 0 aliphatic heterocycles. The minimum Gasteiger partial charge on any atom is -0.481 e. The monoisotopic (exact) mass is 316 g/mol. The van der Waals surface area contributed by atoms with Crippen LogP contribution in [0.5, 0.6) is 0 Å². The quantitative estimate of drug-likeness (QED) is 0.660. The maximum Gasteiger partial charge on any atom is 0.307 e. The summed E-state index contributed by atoms with van der Waals surface area (Å²) in [6.07, 6.45) is 1.11. The molecular formula is C12H16N2O6S. The SMILES string of the molecule is CS(=O)(=O)O[C@@H]1C[C@@H](C(=O)O)[C@H](C(=O)NC2(C#N)CC2)C1. The van der Waals surface area contributed by atoms with E-state index in [2.05, 4.69) is 5.32 Å². The van der Waals surface area contributed by atoms with Crippen LogP contribution in [0, 0.1) is 23.2 Å². The second-order valence-corrected chi connectivity index (χ2v) is 7.23. The molecule has 0 bridgehead atoms. The van der Waals surface area contributed by atoms with Gasteiger partial charge in [-0.25, -0.2) is 0 Å². The van der Waals surface area contributed by atoms with Gasteiger partial charge in [0.1, 0.15) is 5.54 Å². The summed E-state index contributed by atoms with van der Waals surface area (Å²) in [5.41, 5.74) is -0.879. The van der Waals surface area contributed by atoms with Gasteiger partial charge in [0, 0.05) is 0 Å². The van der Waals surface area contributed by atoms with Crippen molar-refractivity contribution in [3.05, 3.63) is 0 Å². The first-order valence-electron chi connectivity index (χ1n) is 6.50. The molecule has 2 N–H and O–H groups in total. The lowest BCUT2D eigenvalue weighted by atomic mass is 9.95. The molecule has 0 heterocycles. The lowest BCUT2D eigenvalue weighted by Gasteiger charge is -2.17. The largest absolute Gasteiger partial charge is 0.481 e. The Hall–Kier alpha value is -1.66. The van der Waals surface area contributed by atoms with Crippen molar-refractivity contribution in [2.75, 3.05) is 6.26 Å². The Balaban J connectivity index is 2.07. The number of hydrogen-bond donors (Lipinski definition) is 2. The van der Waals surface area contributed by atoms with Crippen molar-refractivity contribution in [3.63, 3.8) is 0 Å². The standard InChI is InChI=1S/C12H16N2O6S/c1-21(18,19)20-7-4-8(9(5-7)11(16)17)10(15)14-12(6-13)2-3-12/h7-9H,2-5H2,1H3,(H,14,15)(H,16,17)/t7-,8+,9+/m0/s1. The molecule has 21 heavy (non-hydrogen) atoms. The van der Waals surface area contributed by atoms with Crippen molar-refractivity contribution in [1.82, 2.24) is 5.32 Å². The van der Waals surface area contributed by atoms with Crippen LogP contribution in [-0.2, 0) is 23.9 Å². The Morgan fingerprint density at radius 1 is 1.33 bits per heavy atom. The normalized spacial score (nSPS) is 30.4. The average Bonchev–Trinajstić information content (AvgIpc) is 2.99. The van der Waals surface area contributed by atoms with Gasteiger partial charge >= 0.3 is 5.97 Å². The van der Waals surface area contributed by atoms with E-state index in [1.807, 2.05) is 6.07 Å². The van der Waals surface area contributed by atoms with E-state index in [1.54, 1.807) is 0 Å². The first kappa shape index (κ1) is 15.7. The van der Waals surface area contributed by atoms with Crippen molar-refractivity contribution in [2.24, 2.45) is 11.8 Å². The maximum atomic E-state index is 12.2. The number of carbonyl (C=O) groups is 2. The molecule has 116 valence electrons. The molecule has 2 fully saturated rings. The number of carboxylic acids is 1. The summed E-state index contributed by atoms with van der Waals surface area (Å²) in [5, 5.41) is 20.7. The van der Waals surface area contributed by atoms with Gasteiger partial charge in [-0.1, -0.05) is 0 Å². The number of amides is 1. The van der Waals surface area contributed by atoms with E-state index in [1.165, 1.54) is 0 Å². The van der Waals surface area contributed by atoms with Crippen molar-refractivity contribution in [3.8, 4) is 6.07 Å². The molecule has 0 aromatic rings. The number of rotatable bonds is 5. The lowest BCUT2D eigenvalue weighted by Crippen LogP contribution is -2.42. The summed E-state index contributed by atoms with van der Waals surface area (Å²) >= 11 is 0. The molecule has 2 rings (SSSR count). The minimum absolute atomic E-state index is 0.0113. The number of nitriles is 1. The molecule has 0 radical (unpaired) electrons. The minimum atomic E-state index is -3.71. The fourth-order valence-electron chi connectivity index (χ4n) is 2.60. The van der Waals surface area contributed by atoms with Crippen LogP contribution in [0.4, 0.5) is 0 Å². The smallest absolute Gasteiger partial charge is 0.307 e. The fraction of sp³-hybridized carbons (Fsp3) is 0.750. The van der Waals surface area contributed by atoms with Crippen LogP contribution in [0.2, 0.25) is 0 Å². The highest BCUT2D eigenvalue weighted by Crippen LogP contribution is 2.38. The summed E-state index contributed by atoms with van der Waals surface area (Å²) in [6.45, 7) is 0. The zero-order chi connectivity index (χ0) is 15.8. The number of hydrogen-bond acceptors (Lipinski definition) is 6. The fourth-order valence-corrected chi connectivity index (χ4v) is 3.25. The van der Waals surface area contributed by atoms with E-state index in [-0.39, 0.29) is 12.8 Å². The van der Waals surface area contributed by atoms with Crippen LogP contribution in [0.25, 0.3) is 0 Å². The van der Waals surface area contributed by atoms with E-state index in [9.17, 15) is 18.0 Å². The topological polar surface area (TPSA) is 134 Å². The third kappa shape index (κ3) is 3.71. The molecule has 0 spiro atoms. The molecule has 3 atom stereocenters. The highest BCUT2D eigenvalue weighted by atomic mass is 32.2. The van der Waals surface area contributed by atoms with Gasteiger partial charge in [-0.05, 0) is 25.7 Å². The van der Waals surface area contributed by atoms with E-state index in [0.717, 1.165) is 6.26 Å². The van der Waals surface area contributed by atoms with Crippen LogP contribution in [0.3, 0.4) is 0 Å². The zero-order valence-corrected chi connectivity index (χ0v) is 12.2. The Morgan fingerprint density at radius 3 is 2.33 bits per heavy atom. The number of carboxylic acid groups (broad SMARTS) is 1. The highest BCUT2D eigenvalue weighted by Gasteiger charge is 2.50. The molecule has 2 aliphatic rings. The van der Waals surface area contributed by atoms with Crippen molar-refractivity contribution >= 4 is 22.0 Å². The summed E-state index contributed by atoms with van der Waals surface area (Å²) in [7, 11) is -3.71. The van der Waals surface area contributed by atoms with Gasteiger partial charge in [0.15, 0.2) is 0 Å². The number of aliphatic carboxylic acids is 1. The second kappa shape index (κ2) is 5.27. The zero-order valence-electron chi connectivity index (χ0n) is 11.4. The van der Waals surface area contributed by atoms with Gasteiger partial charge in [-0.2, -0.15) is 13.7 Å². The summed E-state index contributed by atoms with van der Waals surface area (Å²) in [6, 6.07) is 1.99.